The van der Waals surface area contributed by atoms with E-state index in [1.54, 1.807) is 31.0 Å². The van der Waals surface area contributed by atoms with Gasteiger partial charge in [-0.05, 0) is 39.8 Å². The Labute approximate surface area is 355 Å². The molecule has 7 aromatic rings. The maximum Gasteiger partial charge on any atom is 0.143 e. The third kappa shape index (κ3) is 8.30. The van der Waals surface area contributed by atoms with Gasteiger partial charge in [0.05, 0.1) is 5.69 Å². The number of hydrogen-bond acceptors (Lipinski definition) is 10. The van der Waals surface area contributed by atoms with Crippen molar-refractivity contribution in [2.75, 3.05) is 32.7 Å². The largest absolute Gasteiger partial charge is 0.485 e. The molecule has 0 saturated carbocycles. The van der Waals surface area contributed by atoms with E-state index in [4.69, 9.17) is 0 Å². The van der Waals surface area contributed by atoms with E-state index in [1.807, 2.05) is 37.4 Å². The minimum Gasteiger partial charge on any atom is -0.485 e. The van der Waals surface area contributed by atoms with E-state index < -0.39 is 0 Å². The van der Waals surface area contributed by atoms with E-state index in [2.05, 4.69) is 156 Å². The van der Waals surface area contributed by atoms with Crippen molar-refractivity contribution in [2.24, 2.45) is 0 Å². The molecule has 0 amide bonds. The van der Waals surface area contributed by atoms with Crippen LogP contribution in [0.15, 0.2) is 97.8 Å². The topological polar surface area (TPSA) is 94.7 Å². The standard InChI is InChI=1S/C32H34N8.C14H12N3.Ir/c1-23(2)25-7-11-27(12-8-25)39-21-37(29-31(39)35-17-15-33-29)19-5-6-20-38-22-40(32-30(38)34-16-18-36-32)28-13-9-26(10-14-28)24(3)4;1-10-11(2)17-9-8-15-13(14(17)16-10)12-6-4-3-5-7-12;/h7-11,13,15-18,21-24H,5-6,19-20H2,1-4H3;3-6,8-9H,1-2H3;/q-4;-1;. The number of aromatic nitrogens is 7. The van der Waals surface area contributed by atoms with Crippen LogP contribution in [0.2, 0.25) is 0 Å². The first-order valence-electron chi connectivity index (χ1n) is 19.5. The van der Waals surface area contributed by atoms with Crippen LogP contribution in [0.4, 0.5) is 34.6 Å². The summed E-state index contributed by atoms with van der Waals surface area (Å²) < 4.78 is 2.07. The summed E-state index contributed by atoms with van der Waals surface area (Å²) in [6.45, 7) is 18.7. The zero-order valence-electron chi connectivity index (χ0n) is 33.6. The fraction of sp³-hybridized carbons (Fsp3) is 0.261. The number of fused-ring (bicyclic) bond motifs is 3. The van der Waals surface area contributed by atoms with Gasteiger partial charge in [0.15, 0.2) is 0 Å². The Kier molecular flexibility index (Phi) is 12.4. The number of hydrogen-bond donors (Lipinski definition) is 0. The summed E-state index contributed by atoms with van der Waals surface area (Å²) in [5, 5.41) is 0. The second-order valence-corrected chi connectivity index (χ2v) is 14.8. The minimum absolute atomic E-state index is 0. The SMILES string of the molecule is CC(C)c1c[c-]c(N2[CH-]N(CCCCN3[CH-]N(c4[c-]cc(C(C)C)cc4)c4nccnc43)c3nccnc32)cc1.Cc1nc2c(-c3[c-]cccc3)nccn2c1C.[Ir]. The number of rotatable bonds is 10. The quantitative estimate of drug-likeness (QED) is 0.0976. The van der Waals surface area contributed by atoms with Gasteiger partial charge >= 0.3 is 0 Å². The summed E-state index contributed by atoms with van der Waals surface area (Å²) in [6.07, 6.45) is 12.7. The van der Waals surface area contributed by atoms with Crippen molar-refractivity contribution in [1.29, 1.82) is 0 Å². The number of benzene rings is 3. The molecule has 299 valence electrons. The van der Waals surface area contributed by atoms with Crippen LogP contribution >= 0.6 is 0 Å². The van der Waals surface area contributed by atoms with Crippen LogP contribution in [0.1, 0.15) is 74.9 Å². The fourth-order valence-corrected chi connectivity index (χ4v) is 6.95. The van der Waals surface area contributed by atoms with Crippen molar-refractivity contribution >= 4 is 40.3 Å². The predicted octanol–water partition coefficient (Wildman–Crippen LogP) is 9.56. The Balaban J connectivity index is 0.000000237. The van der Waals surface area contributed by atoms with Crippen molar-refractivity contribution in [1.82, 2.24) is 34.3 Å². The Morgan fingerprint density at radius 3 is 1.62 bits per heavy atom. The van der Waals surface area contributed by atoms with E-state index in [9.17, 15) is 0 Å². The van der Waals surface area contributed by atoms with Gasteiger partial charge in [0, 0.05) is 68.7 Å². The van der Waals surface area contributed by atoms with E-state index in [1.165, 1.54) is 11.1 Å². The van der Waals surface area contributed by atoms with Crippen LogP contribution < -0.4 is 19.6 Å². The van der Waals surface area contributed by atoms with Crippen LogP contribution in [-0.4, -0.2) is 47.4 Å². The van der Waals surface area contributed by atoms with Gasteiger partial charge in [-0.15, -0.1) is 72.7 Å². The zero-order valence-corrected chi connectivity index (χ0v) is 36.0. The van der Waals surface area contributed by atoms with Crippen LogP contribution in [-0.2, 0) is 20.1 Å². The van der Waals surface area contributed by atoms with Crippen LogP contribution in [0.3, 0.4) is 0 Å². The molecule has 0 atom stereocenters. The molecule has 58 heavy (non-hydrogen) atoms. The molecule has 11 nitrogen and oxygen atoms in total. The molecule has 3 aromatic carbocycles. The molecule has 0 bridgehead atoms. The van der Waals surface area contributed by atoms with Crippen LogP contribution in [0, 0.1) is 45.4 Å². The van der Waals surface area contributed by atoms with E-state index in [0.717, 1.165) is 88.9 Å². The van der Waals surface area contributed by atoms with Crippen LogP contribution in [0.5, 0.6) is 0 Å². The summed E-state index contributed by atoms with van der Waals surface area (Å²) >= 11 is 0. The number of anilines is 6. The summed E-state index contributed by atoms with van der Waals surface area (Å²) in [4.78, 5) is 36.0. The fourth-order valence-electron chi connectivity index (χ4n) is 6.95. The third-order valence-electron chi connectivity index (χ3n) is 10.4. The van der Waals surface area contributed by atoms with Crippen molar-refractivity contribution in [3.05, 3.63) is 152 Å². The molecule has 1 radical (unpaired) electrons. The van der Waals surface area contributed by atoms with Gasteiger partial charge < -0.3 is 24.0 Å². The third-order valence-corrected chi connectivity index (χ3v) is 10.4. The molecular weight excluding hydrogens is 899 g/mol. The molecule has 0 saturated heterocycles. The monoisotopic (exact) mass is 945 g/mol. The van der Waals surface area contributed by atoms with Crippen molar-refractivity contribution in [3.8, 4) is 11.3 Å². The average Bonchev–Trinajstić information content (AvgIpc) is 3.90. The first-order valence-corrected chi connectivity index (χ1v) is 19.5. The second-order valence-electron chi connectivity index (χ2n) is 14.8. The van der Waals surface area contributed by atoms with Crippen molar-refractivity contribution in [2.45, 2.75) is 66.2 Å². The molecule has 9 rings (SSSR count). The number of unbranched alkanes of at least 4 members (excludes halogenated alkanes) is 1. The first kappa shape index (κ1) is 40.5. The Morgan fingerprint density at radius 2 is 1.16 bits per heavy atom. The number of nitrogens with zero attached hydrogens (tertiary/aromatic N) is 11. The Hall–Kier alpha value is -5.71. The smallest absolute Gasteiger partial charge is 0.143 e. The van der Waals surface area contributed by atoms with Crippen LogP contribution in [0.25, 0.3) is 16.9 Å². The molecule has 4 aromatic heterocycles. The molecule has 0 fully saturated rings. The van der Waals surface area contributed by atoms with E-state index in [0.29, 0.717) is 11.8 Å². The average molecular weight is 945 g/mol. The summed E-state index contributed by atoms with van der Waals surface area (Å²) in [5.41, 5.74) is 9.41. The maximum absolute atomic E-state index is 4.64. The molecule has 2 aliphatic heterocycles. The van der Waals surface area contributed by atoms with Crippen molar-refractivity contribution < 1.29 is 20.1 Å². The molecule has 0 aliphatic carbocycles. The van der Waals surface area contributed by atoms with Gasteiger partial charge in [0.2, 0.25) is 0 Å². The Morgan fingerprint density at radius 1 is 0.621 bits per heavy atom. The number of imidazole rings is 1. The molecule has 0 N–H and O–H groups in total. The van der Waals surface area contributed by atoms with E-state index >= 15 is 0 Å². The van der Waals surface area contributed by atoms with E-state index in [-0.39, 0.29) is 20.1 Å². The minimum atomic E-state index is 0. The molecular formula is C46H46IrN11-5. The molecule has 12 heteroatoms. The van der Waals surface area contributed by atoms with Gasteiger partial charge in [-0.2, -0.15) is 47.5 Å². The second kappa shape index (κ2) is 17.8. The summed E-state index contributed by atoms with van der Waals surface area (Å²) in [7, 11) is 0. The zero-order chi connectivity index (χ0) is 39.5. The molecule has 0 unspecified atom stereocenters. The normalized spacial score (nSPS) is 13.2. The summed E-state index contributed by atoms with van der Waals surface area (Å²) in [5.74, 6) is 4.36. The predicted molar refractivity (Wildman–Crippen MR) is 226 cm³/mol. The number of aryl methyl sites for hydroxylation is 2. The Bertz CT molecular complexity index is 2320. The van der Waals surface area contributed by atoms with Gasteiger partial charge in [-0.25, -0.2) is 24.9 Å². The van der Waals surface area contributed by atoms with Gasteiger partial charge in [-0.1, -0.05) is 39.5 Å². The van der Waals surface area contributed by atoms with Gasteiger partial charge in [0.25, 0.3) is 0 Å². The molecule has 0 spiro atoms. The first-order chi connectivity index (χ1) is 27.8. The maximum atomic E-state index is 4.64. The van der Waals surface area contributed by atoms with Crippen molar-refractivity contribution in [3.63, 3.8) is 0 Å². The van der Waals surface area contributed by atoms with Gasteiger partial charge in [0.1, 0.15) is 28.9 Å². The molecule has 6 heterocycles. The summed E-state index contributed by atoms with van der Waals surface area (Å²) in [6, 6.07) is 30.6. The molecule has 2 aliphatic rings. The van der Waals surface area contributed by atoms with Gasteiger partial charge in [-0.3, -0.25) is 4.98 Å².